The Bertz CT molecular complexity index is 408. The quantitative estimate of drug-likeness (QED) is 0.893. The average Bonchev–Trinajstić information content (AvgIpc) is 3.07. The summed E-state index contributed by atoms with van der Waals surface area (Å²) in [7, 11) is 1.86. The summed E-state index contributed by atoms with van der Waals surface area (Å²) >= 11 is 1.73. The first-order valence-electron chi connectivity index (χ1n) is 6.76. The van der Waals surface area contributed by atoms with Gasteiger partial charge in [0.1, 0.15) is 6.10 Å². The van der Waals surface area contributed by atoms with Crippen molar-refractivity contribution in [1.82, 2.24) is 4.90 Å². The first-order chi connectivity index (χ1) is 9.11. The molecule has 0 saturated carbocycles. The molecule has 3 unspecified atom stereocenters. The van der Waals surface area contributed by atoms with Crippen LogP contribution in [0, 0.1) is 0 Å². The van der Waals surface area contributed by atoms with Gasteiger partial charge in [-0.3, -0.25) is 4.79 Å². The Labute approximate surface area is 118 Å². The molecule has 1 aliphatic rings. The summed E-state index contributed by atoms with van der Waals surface area (Å²) in [6.07, 6.45) is 2.32. The van der Waals surface area contributed by atoms with Gasteiger partial charge < -0.3 is 15.4 Å². The fourth-order valence-electron chi connectivity index (χ4n) is 2.36. The minimum absolute atomic E-state index is 0.0509. The molecule has 19 heavy (non-hydrogen) atoms. The molecule has 2 N–H and O–H groups in total. The minimum atomic E-state index is -0.302. The Morgan fingerprint density at radius 2 is 2.42 bits per heavy atom. The van der Waals surface area contributed by atoms with Crippen LogP contribution < -0.4 is 5.73 Å². The van der Waals surface area contributed by atoms with E-state index in [0.717, 1.165) is 19.3 Å². The summed E-state index contributed by atoms with van der Waals surface area (Å²) in [4.78, 5) is 15.5. The van der Waals surface area contributed by atoms with Crippen molar-refractivity contribution in [1.29, 1.82) is 0 Å². The van der Waals surface area contributed by atoms with Crippen molar-refractivity contribution in [2.45, 2.75) is 44.4 Å². The maximum atomic E-state index is 12.3. The molecule has 1 amide bonds. The number of likely N-dealkylation sites (N-methyl/N-ethyl adjacent to an activating group) is 1. The van der Waals surface area contributed by atoms with Crippen molar-refractivity contribution in [3.63, 3.8) is 0 Å². The Balaban J connectivity index is 1.88. The van der Waals surface area contributed by atoms with Crippen LogP contribution in [0.2, 0.25) is 0 Å². The van der Waals surface area contributed by atoms with Crippen LogP contribution in [0.3, 0.4) is 0 Å². The fourth-order valence-corrected chi connectivity index (χ4v) is 3.19. The van der Waals surface area contributed by atoms with E-state index in [1.807, 2.05) is 18.0 Å². The van der Waals surface area contributed by atoms with Gasteiger partial charge in [0.05, 0.1) is 6.10 Å². The van der Waals surface area contributed by atoms with Crippen LogP contribution in [0.5, 0.6) is 0 Å². The number of carbonyl (C=O) groups excluding carboxylic acids is 1. The largest absolute Gasteiger partial charge is 0.364 e. The van der Waals surface area contributed by atoms with Crippen LogP contribution in [0.4, 0.5) is 0 Å². The second-order valence-electron chi connectivity index (χ2n) is 5.14. The van der Waals surface area contributed by atoms with Crippen molar-refractivity contribution in [2.75, 3.05) is 13.6 Å². The van der Waals surface area contributed by atoms with E-state index in [0.29, 0.717) is 6.54 Å². The number of ether oxygens (including phenoxy) is 1. The highest BCUT2D eigenvalue weighted by atomic mass is 32.1. The number of carbonyl (C=O) groups is 1. The Kier molecular flexibility index (Phi) is 4.96. The molecule has 1 saturated heterocycles. The molecule has 0 aromatic carbocycles. The molecular weight excluding hydrogens is 260 g/mol. The molecule has 106 valence electrons. The topological polar surface area (TPSA) is 55.6 Å². The minimum Gasteiger partial charge on any atom is -0.364 e. The molecule has 5 heteroatoms. The van der Waals surface area contributed by atoms with Gasteiger partial charge in [0.25, 0.3) is 5.91 Å². The lowest BCUT2D eigenvalue weighted by molar-refractivity contribution is -0.143. The number of nitrogens with zero attached hydrogens (tertiary/aromatic N) is 1. The summed E-state index contributed by atoms with van der Waals surface area (Å²) in [6, 6.07) is 4.34. The van der Waals surface area contributed by atoms with Gasteiger partial charge >= 0.3 is 0 Å². The second-order valence-corrected chi connectivity index (χ2v) is 6.17. The van der Waals surface area contributed by atoms with Crippen molar-refractivity contribution >= 4 is 17.2 Å². The maximum Gasteiger partial charge on any atom is 0.251 e. The number of hydrogen-bond donors (Lipinski definition) is 1. The molecule has 1 aliphatic heterocycles. The van der Waals surface area contributed by atoms with Crippen molar-refractivity contribution < 1.29 is 9.53 Å². The van der Waals surface area contributed by atoms with Crippen LogP contribution in [0.1, 0.15) is 24.6 Å². The predicted octanol–water partition coefficient (Wildman–Crippen LogP) is 1.64. The lowest BCUT2D eigenvalue weighted by Crippen LogP contribution is -2.42. The zero-order valence-corrected chi connectivity index (χ0v) is 12.4. The van der Waals surface area contributed by atoms with Gasteiger partial charge in [0.15, 0.2) is 0 Å². The van der Waals surface area contributed by atoms with Gasteiger partial charge in [0, 0.05) is 30.9 Å². The van der Waals surface area contributed by atoms with Crippen LogP contribution in [-0.2, 0) is 16.0 Å². The van der Waals surface area contributed by atoms with Gasteiger partial charge in [0.2, 0.25) is 0 Å². The Morgan fingerprint density at radius 1 is 1.63 bits per heavy atom. The van der Waals surface area contributed by atoms with E-state index >= 15 is 0 Å². The molecule has 0 spiro atoms. The normalized spacial score (nSPS) is 24.4. The lowest BCUT2D eigenvalue weighted by Gasteiger charge is -2.27. The third kappa shape index (κ3) is 3.55. The molecule has 1 aromatic heterocycles. The van der Waals surface area contributed by atoms with Gasteiger partial charge in [-0.1, -0.05) is 6.07 Å². The first kappa shape index (κ1) is 14.5. The zero-order chi connectivity index (χ0) is 13.8. The molecule has 4 nitrogen and oxygen atoms in total. The second kappa shape index (κ2) is 6.50. The van der Waals surface area contributed by atoms with Crippen LogP contribution in [0.15, 0.2) is 17.5 Å². The highest BCUT2D eigenvalue weighted by Gasteiger charge is 2.33. The summed E-state index contributed by atoms with van der Waals surface area (Å²) < 4.78 is 5.67. The number of nitrogens with two attached hydrogens (primary N) is 1. The average molecular weight is 282 g/mol. The molecule has 2 heterocycles. The van der Waals surface area contributed by atoms with Crippen molar-refractivity contribution in [2.24, 2.45) is 5.73 Å². The van der Waals surface area contributed by atoms with Crippen molar-refractivity contribution in [3.05, 3.63) is 22.4 Å². The molecule has 3 atom stereocenters. The Morgan fingerprint density at radius 3 is 3.00 bits per heavy atom. The summed E-state index contributed by atoms with van der Waals surface area (Å²) in [5.41, 5.74) is 5.57. The van der Waals surface area contributed by atoms with Crippen molar-refractivity contribution in [3.8, 4) is 0 Å². The van der Waals surface area contributed by atoms with E-state index in [4.69, 9.17) is 10.5 Å². The van der Waals surface area contributed by atoms with Gasteiger partial charge in [-0.2, -0.15) is 0 Å². The monoisotopic (exact) mass is 282 g/mol. The SMILES string of the molecule is CC(Cc1cccs1)N(C)C(=O)C1CCC(CN)O1. The van der Waals surface area contributed by atoms with E-state index in [-0.39, 0.29) is 24.2 Å². The van der Waals surface area contributed by atoms with Gasteiger partial charge in [-0.05, 0) is 31.2 Å². The third-order valence-electron chi connectivity index (χ3n) is 3.73. The standard InChI is InChI=1S/C14H22N2O2S/c1-10(8-12-4-3-7-19-12)16(2)14(17)13-6-5-11(9-15)18-13/h3-4,7,10-11,13H,5-6,8-9,15H2,1-2H3. The molecule has 0 aliphatic carbocycles. The molecule has 0 bridgehead atoms. The fraction of sp³-hybridized carbons (Fsp3) is 0.643. The zero-order valence-electron chi connectivity index (χ0n) is 11.5. The van der Waals surface area contributed by atoms with E-state index in [9.17, 15) is 4.79 Å². The summed E-state index contributed by atoms with van der Waals surface area (Å²) in [5, 5.41) is 2.07. The molecule has 1 aromatic rings. The van der Waals surface area contributed by atoms with E-state index in [1.54, 1.807) is 11.3 Å². The summed E-state index contributed by atoms with van der Waals surface area (Å²) in [6.45, 7) is 2.57. The first-order valence-corrected chi connectivity index (χ1v) is 7.64. The van der Waals surface area contributed by atoms with E-state index in [1.165, 1.54) is 4.88 Å². The lowest BCUT2D eigenvalue weighted by atomic mass is 10.1. The van der Waals surface area contributed by atoms with Crippen LogP contribution in [0.25, 0.3) is 0 Å². The molecule has 1 fully saturated rings. The highest BCUT2D eigenvalue weighted by Crippen LogP contribution is 2.22. The molecule has 0 radical (unpaired) electrons. The highest BCUT2D eigenvalue weighted by molar-refractivity contribution is 7.09. The van der Waals surface area contributed by atoms with E-state index < -0.39 is 0 Å². The number of rotatable bonds is 5. The summed E-state index contributed by atoms with van der Waals surface area (Å²) in [5.74, 6) is 0.0833. The smallest absolute Gasteiger partial charge is 0.251 e. The number of amides is 1. The Hall–Kier alpha value is -0.910. The third-order valence-corrected chi connectivity index (χ3v) is 4.63. The maximum absolute atomic E-state index is 12.3. The number of hydrogen-bond acceptors (Lipinski definition) is 4. The van der Waals surface area contributed by atoms with Crippen LogP contribution in [-0.4, -0.2) is 42.6 Å². The molecular formula is C14H22N2O2S. The molecule has 2 rings (SSSR count). The number of thiophene rings is 1. The van der Waals surface area contributed by atoms with Crippen LogP contribution >= 0.6 is 11.3 Å². The van der Waals surface area contributed by atoms with Gasteiger partial charge in [-0.15, -0.1) is 11.3 Å². The van der Waals surface area contributed by atoms with Gasteiger partial charge in [-0.25, -0.2) is 0 Å². The predicted molar refractivity (Wildman–Crippen MR) is 77.2 cm³/mol. The van der Waals surface area contributed by atoms with E-state index in [2.05, 4.69) is 18.4 Å².